The van der Waals surface area contributed by atoms with Gasteiger partial charge in [0.05, 0.1) is 15.5 Å². The van der Waals surface area contributed by atoms with E-state index in [0.29, 0.717) is 23.0 Å². The van der Waals surface area contributed by atoms with E-state index in [9.17, 15) is 13.2 Å². The average molecular weight is 468 g/mol. The quantitative estimate of drug-likeness (QED) is 0.396. The molecule has 1 amide bonds. The third-order valence-electron chi connectivity index (χ3n) is 4.88. The number of carbonyl (C=O) groups is 1. The first kappa shape index (κ1) is 21.8. The van der Waals surface area contributed by atoms with Crippen molar-refractivity contribution in [1.82, 2.24) is 4.98 Å². The lowest BCUT2D eigenvalue weighted by Gasteiger charge is -2.13. The number of anilines is 2. The number of amides is 1. The topological polar surface area (TPSA) is 101 Å². The number of oxazole rings is 1. The van der Waals surface area contributed by atoms with E-state index in [1.165, 1.54) is 35.6 Å². The Bertz CT molecular complexity index is 1350. The van der Waals surface area contributed by atoms with Crippen LogP contribution in [0.4, 0.5) is 11.4 Å². The van der Waals surface area contributed by atoms with Crippen molar-refractivity contribution in [3.8, 4) is 10.8 Å². The molecule has 4 rings (SSSR count). The van der Waals surface area contributed by atoms with Gasteiger partial charge in [0.25, 0.3) is 15.9 Å². The van der Waals surface area contributed by atoms with E-state index in [1.54, 1.807) is 6.92 Å². The minimum Gasteiger partial charge on any atom is -0.440 e. The van der Waals surface area contributed by atoms with Crippen LogP contribution in [0.25, 0.3) is 10.8 Å². The van der Waals surface area contributed by atoms with E-state index in [-0.39, 0.29) is 10.6 Å². The predicted octanol–water partition coefficient (Wildman–Crippen LogP) is 5.38. The van der Waals surface area contributed by atoms with E-state index >= 15 is 0 Å². The first-order valence-corrected chi connectivity index (χ1v) is 12.1. The highest BCUT2D eigenvalue weighted by Gasteiger charge is 2.20. The molecule has 0 aliphatic heterocycles. The summed E-state index contributed by atoms with van der Waals surface area (Å²) in [5.41, 5.74) is 2.86. The minimum atomic E-state index is -3.77. The first-order valence-electron chi connectivity index (χ1n) is 9.76. The van der Waals surface area contributed by atoms with Gasteiger partial charge in [-0.2, -0.15) is 0 Å². The Hall–Kier alpha value is -3.43. The second-order valence-electron chi connectivity index (χ2n) is 7.25. The molecule has 4 aromatic rings. The van der Waals surface area contributed by atoms with Crippen molar-refractivity contribution < 1.29 is 17.6 Å². The highest BCUT2D eigenvalue weighted by molar-refractivity contribution is 7.92. The number of rotatable bonds is 6. The lowest BCUT2D eigenvalue weighted by Crippen LogP contribution is -2.16. The van der Waals surface area contributed by atoms with Crippen molar-refractivity contribution in [3.05, 3.63) is 82.6 Å². The van der Waals surface area contributed by atoms with Gasteiger partial charge in [-0.25, -0.2) is 13.4 Å². The first-order chi connectivity index (χ1) is 15.2. The van der Waals surface area contributed by atoms with Crippen LogP contribution in [-0.2, 0) is 10.0 Å². The van der Waals surface area contributed by atoms with Gasteiger partial charge >= 0.3 is 0 Å². The van der Waals surface area contributed by atoms with Gasteiger partial charge in [-0.15, -0.1) is 11.3 Å². The van der Waals surface area contributed by atoms with Crippen molar-refractivity contribution in [3.63, 3.8) is 0 Å². The van der Waals surface area contributed by atoms with Gasteiger partial charge < -0.3 is 9.73 Å². The molecule has 0 saturated heterocycles. The van der Waals surface area contributed by atoms with Gasteiger partial charge in [-0.3, -0.25) is 9.52 Å². The molecule has 2 aromatic heterocycles. The summed E-state index contributed by atoms with van der Waals surface area (Å²) in [6, 6.07) is 15.3. The van der Waals surface area contributed by atoms with Crippen LogP contribution < -0.4 is 10.0 Å². The number of sulfonamides is 1. The number of aryl methyl sites for hydroxylation is 3. The molecule has 164 valence electrons. The van der Waals surface area contributed by atoms with E-state index in [0.717, 1.165) is 16.0 Å². The molecule has 0 spiro atoms. The molecule has 0 atom stereocenters. The average Bonchev–Trinajstić information content (AvgIpc) is 3.41. The zero-order chi connectivity index (χ0) is 22.9. The number of para-hydroxylation sites is 1. The van der Waals surface area contributed by atoms with Crippen molar-refractivity contribution in [2.45, 2.75) is 25.7 Å². The van der Waals surface area contributed by atoms with Crippen LogP contribution in [-0.4, -0.2) is 19.3 Å². The van der Waals surface area contributed by atoms with Crippen molar-refractivity contribution in [2.24, 2.45) is 0 Å². The van der Waals surface area contributed by atoms with Crippen LogP contribution in [0, 0.1) is 20.8 Å². The van der Waals surface area contributed by atoms with E-state index in [2.05, 4.69) is 15.0 Å². The summed E-state index contributed by atoms with van der Waals surface area (Å²) in [6.45, 7) is 5.37. The van der Waals surface area contributed by atoms with Crippen LogP contribution in [0.15, 0.2) is 69.3 Å². The maximum atomic E-state index is 12.8. The van der Waals surface area contributed by atoms with Gasteiger partial charge in [0, 0.05) is 5.69 Å². The molecular formula is C23H21N3O4S2. The van der Waals surface area contributed by atoms with Crippen LogP contribution in [0.1, 0.15) is 27.4 Å². The highest BCUT2D eigenvalue weighted by atomic mass is 32.2. The number of carbonyl (C=O) groups excluding carboxylic acids is 1. The molecule has 2 N–H and O–H groups in total. The molecule has 0 aliphatic carbocycles. The monoisotopic (exact) mass is 467 g/mol. The fraction of sp³-hybridized carbons (Fsp3) is 0.130. The second kappa shape index (κ2) is 8.60. The Balaban J connectivity index is 1.50. The summed E-state index contributed by atoms with van der Waals surface area (Å²) in [6.07, 6.45) is 0. The van der Waals surface area contributed by atoms with Gasteiger partial charge in [0.1, 0.15) is 5.76 Å². The number of benzene rings is 2. The van der Waals surface area contributed by atoms with Crippen molar-refractivity contribution in [1.29, 1.82) is 0 Å². The maximum absolute atomic E-state index is 12.8. The van der Waals surface area contributed by atoms with Gasteiger partial charge in [-0.05, 0) is 67.6 Å². The summed E-state index contributed by atoms with van der Waals surface area (Å²) in [7, 11) is -3.77. The minimum absolute atomic E-state index is 0.0933. The maximum Gasteiger partial charge on any atom is 0.277 e. The van der Waals surface area contributed by atoms with E-state index in [4.69, 9.17) is 4.42 Å². The van der Waals surface area contributed by atoms with E-state index in [1.807, 2.05) is 49.6 Å². The standard InChI is InChI=1S/C23H21N3O4S2/c1-14-6-4-7-15(2)20(14)26-32(28,29)18-11-9-17(10-12-18)24-22(27)21-16(3)30-23(25-21)19-8-5-13-31-19/h4-13,26H,1-3H3,(H,24,27). The number of aromatic nitrogens is 1. The number of hydrogen-bond donors (Lipinski definition) is 2. The molecule has 0 fully saturated rings. The third kappa shape index (κ3) is 4.44. The molecular weight excluding hydrogens is 446 g/mol. The molecule has 2 heterocycles. The number of thiophene rings is 1. The van der Waals surface area contributed by atoms with Crippen LogP contribution in [0.5, 0.6) is 0 Å². The lowest BCUT2D eigenvalue weighted by molar-refractivity contribution is 0.102. The van der Waals surface area contributed by atoms with Gasteiger partial charge in [0.15, 0.2) is 5.69 Å². The number of nitrogens with zero attached hydrogens (tertiary/aromatic N) is 1. The van der Waals surface area contributed by atoms with Crippen molar-refractivity contribution >= 4 is 38.6 Å². The fourth-order valence-electron chi connectivity index (χ4n) is 3.19. The van der Waals surface area contributed by atoms with Crippen LogP contribution in [0.2, 0.25) is 0 Å². The normalized spacial score (nSPS) is 11.3. The Morgan fingerprint density at radius 1 is 0.969 bits per heavy atom. The molecule has 0 radical (unpaired) electrons. The summed E-state index contributed by atoms with van der Waals surface area (Å²) in [5, 5.41) is 4.63. The van der Waals surface area contributed by atoms with Crippen LogP contribution >= 0.6 is 11.3 Å². The van der Waals surface area contributed by atoms with Gasteiger partial charge in [0.2, 0.25) is 5.89 Å². The molecule has 32 heavy (non-hydrogen) atoms. The zero-order valence-corrected chi connectivity index (χ0v) is 19.3. The molecule has 9 heteroatoms. The molecule has 0 bridgehead atoms. The molecule has 0 unspecified atom stereocenters. The van der Waals surface area contributed by atoms with Crippen molar-refractivity contribution in [2.75, 3.05) is 10.0 Å². The molecule has 0 aliphatic rings. The SMILES string of the molecule is Cc1cccc(C)c1NS(=O)(=O)c1ccc(NC(=O)c2nc(-c3cccs3)oc2C)cc1. The fourth-order valence-corrected chi connectivity index (χ4v) is 5.04. The molecule has 0 saturated carbocycles. The smallest absolute Gasteiger partial charge is 0.277 e. The second-order valence-corrected chi connectivity index (χ2v) is 9.88. The Morgan fingerprint density at radius 2 is 1.66 bits per heavy atom. The predicted molar refractivity (Wildman–Crippen MR) is 126 cm³/mol. The Kier molecular flexibility index (Phi) is 5.86. The highest BCUT2D eigenvalue weighted by Crippen LogP contribution is 2.27. The number of hydrogen-bond acceptors (Lipinski definition) is 6. The summed E-state index contributed by atoms with van der Waals surface area (Å²) in [4.78, 5) is 17.9. The number of nitrogens with one attached hydrogen (secondary N) is 2. The summed E-state index contributed by atoms with van der Waals surface area (Å²) >= 11 is 1.47. The van der Waals surface area contributed by atoms with Gasteiger partial charge in [-0.1, -0.05) is 24.3 Å². The van der Waals surface area contributed by atoms with Crippen LogP contribution in [0.3, 0.4) is 0 Å². The van der Waals surface area contributed by atoms with E-state index < -0.39 is 15.9 Å². The molecule has 7 nitrogen and oxygen atoms in total. The summed E-state index contributed by atoms with van der Waals surface area (Å²) < 4.78 is 33.9. The Labute approximate surface area is 190 Å². The zero-order valence-electron chi connectivity index (χ0n) is 17.7. The lowest BCUT2D eigenvalue weighted by atomic mass is 10.1. The Morgan fingerprint density at radius 3 is 2.28 bits per heavy atom. The third-order valence-corrected chi connectivity index (χ3v) is 7.11. The summed E-state index contributed by atoms with van der Waals surface area (Å²) in [5.74, 6) is 0.364. The molecule has 2 aromatic carbocycles. The largest absolute Gasteiger partial charge is 0.440 e.